The molecular weight excluding hydrogens is 406 g/mol. The summed E-state index contributed by atoms with van der Waals surface area (Å²) in [6.07, 6.45) is 0. The molecule has 0 bridgehead atoms. The van der Waals surface area contributed by atoms with Crippen molar-refractivity contribution in [2.24, 2.45) is 0 Å². The minimum Gasteiger partial charge on any atom is -0.507 e. The van der Waals surface area contributed by atoms with E-state index in [2.05, 4.69) is 0 Å². The van der Waals surface area contributed by atoms with Gasteiger partial charge < -0.3 is 24.2 Å². The summed E-state index contributed by atoms with van der Waals surface area (Å²) >= 11 is 0. The summed E-state index contributed by atoms with van der Waals surface area (Å²) in [5, 5.41) is 30.1. The van der Waals surface area contributed by atoms with Crippen LogP contribution in [0.25, 0.3) is 21.9 Å². The first-order valence-electron chi connectivity index (χ1n) is 8.32. The molecule has 0 radical (unpaired) electrons. The van der Waals surface area contributed by atoms with Crippen molar-refractivity contribution in [2.45, 2.75) is 5.92 Å². The third-order valence-corrected chi connectivity index (χ3v) is 4.57. The minimum absolute atomic E-state index is 0.233. The molecule has 0 saturated heterocycles. The highest BCUT2D eigenvalue weighted by Crippen LogP contribution is 2.38. The van der Waals surface area contributed by atoms with Gasteiger partial charge in [-0.25, -0.2) is 18.4 Å². The molecule has 0 unspecified atom stereocenters. The Labute approximate surface area is 163 Å². The number of hydrogen-bond acceptors (Lipinski definition) is 7. The van der Waals surface area contributed by atoms with Gasteiger partial charge in [-0.2, -0.15) is 0 Å². The van der Waals surface area contributed by atoms with Gasteiger partial charge in [-0.3, -0.25) is 4.79 Å². The highest BCUT2D eigenvalue weighted by Gasteiger charge is 2.36. The zero-order valence-corrected chi connectivity index (χ0v) is 14.7. The average molecular weight is 416 g/mol. The number of halogens is 2. The van der Waals surface area contributed by atoms with E-state index in [1.54, 1.807) is 0 Å². The summed E-state index contributed by atoms with van der Waals surface area (Å²) in [6.45, 7) is 0. The molecule has 0 saturated carbocycles. The summed E-state index contributed by atoms with van der Waals surface area (Å²) in [4.78, 5) is 36.9. The number of carboxylic acid groups (broad SMARTS) is 1. The second kappa shape index (κ2) is 6.69. The first kappa shape index (κ1) is 19.1. The Morgan fingerprint density at radius 3 is 1.57 bits per heavy atom. The summed E-state index contributed by atoms with van der Waals surface area (Å²) in [5.74, 6) is -7.61. The molecule has 4 aromatic rings. The third kappa shape index (κ3) is 2.85. The average Bonchev–Trinajstić information content (AvgIpc) is 2.68. The van der Waals surface area contributed by atoms with Crippen molar-refractivity contribution in [3.05, 3.63) is 80.0 Å². The van der Waals surface area contributed by atoms with Crippen LogP contribution in [0.1, 0.15) is 17.0 Å². The van der Waals surface area contributed by atoms with Gasteiger partial charge in [0.1, 0.15) is 40.2 Å². The Balaban J connectivity index is 2.10. The minimum atomic E-state index is -2.25. The molecule has 152 valence electrons. The van der Waals surface area contributed by atoms with Gasteiger partial charge in [0.05, 0.1) is 21.9 Å². The molecule has 4 rings (SSSR count). The number of carbonyl (C=O) groups is 1. The van der Waals surface area contributed by atoms with Gasteiger partial charge in [-0.15, -0.1) is 0 Å². The van der Waals surface area contributed by atoms with Gasteiger partial charge in [-0.1, -0.05) is 0 Å². The van der Waals surface area contributed by atoms with E-state index in [0.29, 0.717) is 0 Å². The molecule has 0 aliphatic heterocycles. The van der Waals surface area contributed by atoms with Crippen LogP contribution in [0.15, 0.2) is 54.8 Å². The molecular formula is C20H10F2O8. The Morgan fingerprint density at radius 1 is 0.800 bits per heavy atom. The lowest BCUT2D eigenvalue weighted by Gasteiger charge is -2.15. The summed E-state index contributed by atoms with van der Waals surface area (Å²) in [7, 11) is 0. The first-order chi connectivity index (χ1) is 14.2. The molecule has 0 amide bonds. The van der Waals surface area contributed by atoms with Crippen LogP contribution in [0.2, 0.25) is 0 Å². The van der Waals surface area contributed by atoms with Crippen molar-refractivity contribution < 1.29 is 37.7 Å². The number of benzene rings is 2. The van der Waals surface area contributed by atoms with Crippen LogP contribution in [0.5, 0.6) is 11.5 Å². The van der Waals surface area contributed by atoms with Crippen LogP contribution in [0.4, 0.5) is 8.78 Å². The molecule has 0 aliphatic carbocycles. The third-order valence-electron chi connectivity index (χ3n) is 4.57. The normalized spacial score (nSPS) is 11.4. The van der Waals surface area contributed by atoms with Crippen LogP contribution in [-0.4, -0.2) is 21.3 Å². The van der Waals surface area contributed by atoms with Crippen molar-refractivity contribution >= 4 is 27.9 Å². The van der Waals surface area contributed by atoms with Gasteiger partial charge in [0.25, 0.3) is 0 Å². The van der Waals surface area contributed by atoms with E-state index < -0.39 is 57.4 Å². The van der Waals surface area contributed by atoms with Crippen LogP contribution >= 0.6 is 0 Å². The quantitative estimate of drug-likeness (QED) is 0.434. The number of aromatic hydroxyl groups is 2. The van der Waals surface area contributed by atoms with Crippen LogP contribution in [0, 0.1) is 11.6 Å². The highest BCUT2D eigenvalue weighted by molar-refractivity contribution is 5.91. The monoisotopic (exact) mass is 416 g/mol. The maximum absolute atomic E-state index is 13.6. The van der Waals surface area contributed by atoms with Gasteiger partial charge in [-0.05, 0) is 36.4 Å². The van der Waals surface area contributed by atoms with Gasteiger partial charge in [0.15, 0.2) is 0 Å². The summed E-state index contributed by atoms with van der Waals surface area (Å²) < 4.78 is 37.1. The summed E-state index contributed by atoms with van der Waals surface area (Å²) in [6, 6.07) is 5.61. The van der Waals surface area contributed by atoms with E-state index in [0.717, 1.165) is 36.4 Å². The molecule has 30 heavy (non-hydrogen) atoms. The van der Waals surface area contributed by atoms with Crippen LogP contribution < -0.4 is 11.3 Å². The zero-order chi connectivity index (χ0) is 21.7. The molecule has 0 atom stereocenters. The van der Waals surface area contributed by atoms with Crippen LogP contribution in [-0.2, 0) is 4.79 Å². The fourth-order valence-electron chi connectivity index (χ4n) is 3.25. The lowest BCUT2D eigenvalue weighted by Crippen LogP contribution is -2.26. The molecule has 10 heteroatoms. The van der Waals surface area contributed by atoms with Crippen molar-refractivity contribution in [1.82, 2.24) is 0 Å². The molecule has 2 heterocycles. The van der Waals surface area contributed by atoms with E-state index >= 15 is 0 Å². The predicted molar refractivity (Wildman–Crippen MR) is 97.7 cm³/mol. The maximum Gasteiger partial charge on any atom is 0.344 e. The number of carboxylic acids is 1. The highest BCUT2D eigenvalue weighted by atomic mass is 19.1. The van der Waals surface area contributed by atoms with Gasteiger partial charge >= 0.3 is 17.2 Å². The Bertz CT molecular complexity index is 1360. The Kier molecular flexibility index (Phi) is 4.27. The van der Waals surface area contributed by atoms with E-state index in [-0.39, 0.29) is 21.9 Å². The van der Waals surface area contributed by atoms with Crippen molar-refractivity contribution in [1.29, 1.82) is 0 Å². The second-order valence-corrected chi connectivity index (χ2v) is 6.36. The van der Waals surface area contributed by atoms with Crippen molar-refractivity contribution in [2.75, 3.05) is 0 Å². The van der Waals surface area contributed by atoms with E-state index in [9.17, 15) is 38.5 Å². The second-order valence-electron chi connectivity index (χ2n) is 6.36. The Hall–Kier alpha value is -4.21. The molecule has 8 nitrogen and oxygen atoms in total. The topological polar surface area (TPSA) is 138 Å². The molecule has 2 aromatic heterocycles. The number of hydrogen-bond donors (Lipinski definition) is 3. The van der Waals surface area contributed by atoms with Crippen molar-refractivity contribution in [3.8, 4) is 11.5 Å². The molecule has 0 aliphatic rings. The van der Waals surface area contributed by atoms with Crippen molar-refractivity contribution in [3.63, 3.8) is 0 Å². The maximum atomic E-state index is 13.6. The standard InChI is InChI=1S/C20H10F2O8/c21-7-1-3-11-9(5-7)16(23)14(19(27)29-11)13(18(25)26)15-17(24)10-6-8(22)2-4-12(10)30-20(15)28/h1-6,13,23-24H,(H,25,26). The van der Waals surface area contributed by atoms with E-state index in [1.807, 2.05) is 0 Å². The fourth-order valence-corrected chi connectivity index (χ4v) is 3.25. The lowest BCUT2D eigenvalue weighted by molar-refractivity contribution is -0.137. The fraction of sp³-hybridized carbons (Fsp3) is 0.0500. The number of rotatable bonds is 3. The summed E-state index contributed by atoms with van der Waals surface area (Å²) in [5.41, 5.74) is -5.00. The number of aliphatic carboxylic acids is 1. The Morgan fingerprint density at radius 2 is 1.20 bits per heavy atom. The molecule has 0 spiro atoms. The smallest absolute Gasteiger partial charge is 0.344 e. The largest absolute Gasteiger partial charge is 0.507 e. The molecule has 2 aromatic carbocycles. The van der Waals surface area contributed by atoms with Gasteiger partial charge in [0.2, 0.25) is 0 Å². The van der Waals surface area contributed by atoms with E-state index in [1.165, 1.54) is 0 Å². The van der Waals surface area contributed by atoms with E-state index in [4.69, 9.17) is 8.83 Å². The predicted octanol–water partition coefficient (Wildman–Crippen LogP) is 2.81. The molecule has 3 N–H and O–H groups in total. The van der Waals surface area contributed by atoms with Crippen LogP contribution in [0.3, 0.4) is 0 Å². The van der Waals surface area contributed by atoms with Gasteiger partial charge in [0, 0.05) is 0 Å². The lowest BCUT2D eigenvalue weighted by atomic mass is 9.90. The SMILES string of the molecule is O=C(O)C(c1c(O)c2cc(F)ccc2oc1=O)c1c(O)c2cc(F)ccc2oc1=O. The molecule has 0 fully saturated rings. The number of fused-ring (bicyclic) bond motifs is 2. The first-order valence-corrected chi connectivity index (χ1v) is 8.32. The zero-order valence-electron chi connectivity index (χ0n) is 14.7.